The molecule has 2 aromatic carbocycles. The number of allylic oxidation sites excluding steroid dienone is 2. The highest BCUT2D eigenvalue weighted by molar-refractivity contribution is 6.22. The van der Waals surface area contributed by atoms with Gasteiger partial charge in [-0.3, -0.25) is 19.2 Å². The first kappa shape index (κ1) is 47.6. The normalized spacial score (nSPS) is 28.8. The highest BCUT2D eigenvalue weighted by Crippen LogP contribution is 2.50. The second-order valence-electron chi connectivity index (χ2n) is 17.1. The van der Waals surface area contributed by atoms with Crippen LogP contribution in [0, 0.1) is 36.4 Å². The molecule has 3 heterocycles. The van der Waals surface area contributed by atoms with Crippen LogP contribution in [-0.2, 0) is 23.8 Å². The Bertz CT molecular complexity index is 2600. The average Bonchev–Trinajstić information content (AvgIpc) is 3.51. The first-order valence-electron chi connectivity index (χ1n) is 21.0. The molecule has 2 aromatic rings. The number of hydrogen-bond acceptors (Lipinski definition) is 15. The third-order valence-corrected chi connectivity index (χ3v) is 12.2. The maximum Gasteiger partial charge on any atom is 0.312 e. The number of rotatable bonds is 6. The zero-order chi connectivity index (χ0) is 47.1. The van der Waals surface area contributed by atoms with E-state index >= 15 is 4.39 Å². The van der Waals surface area contributed by atoms with Crippen molar-refractivity contribution in [1.29, 1.82) is 0 Å². The molecule has 0 fully saturated rings. The number of phenolic OH excluding ortho intramolecular Hbond substituents is 1. The molecule has 0 spiro atoms. The molecule has 1 aliphatic carbocycles. The standard InChI is InChI=1S/C47H56FN3O13/c1-21-13-12-14-22(2)46(58)50-37-41(56)33-32(36-44(37)63-31-20-28(60-18-16-51(9)10)19-29(48)35(31)49-36)34-43(26(6)40(33)55)64-47(8,45(34)57)61-17-15-30(59-11)23(3)42(62-27(7)52)25(5)39(54)24(4)38(21)53/h12-15,17,19-21,23-25,30,38-39,42,53-55H,16,18H2,1-11H3,(H,50,58)/b13-12+,17-15+,22-14-/t21-,23+,24+,25+,30-,38-,39+,42+,47-/m0/s1. The van der Waals surface area contributed by atoms with Gasteiger partial charge < -0.3 is 53.6 Å². The molecular weight excluding hydrogens is 834 g/mol. The number of phenols is 1. The van der Waals surface area contributed by atoms with Crippen LogP contribution >= 0.6 is 0 Å². The Labute approximate surface area is 369 Å². The number of nitrogens with one attached hydrogen (secondary N) is 1. The minimum atomic E-state index is -2.11. The number of esters is 1. The summed E-state index contributed by atoms with van der Waals surface area (Å²) in [5, 5.41) is 36.6. The number of anilines is 1. The number of amides is 1. The lowest BCUT2D eigenvalue weighted by molar-refractivity contribution is -0.160. The number of methoxy groups -OCH3 is 1. The molecule has 0 saturated carbocycles. The van der Waals surface area contributed by atoms with E-state index in [1.54, 1.807) is 39.8 Å². The van der Waals surface area contributed by atoms with Crippen LogP contribution in [-0.4, -0.2) is 107 Å². The summed E-state index contributed by atoms with van der Waals surface area (Å²) in [6, 6.07) is 2.50. The number of carbonyl (C=O) groups is 3. The molecule has 16 nitrogen and oxygen atoms in total. The number of aromatic hydroxyl groups is 1. The Kier molecular flexibility index (Phi) is 13.9. The van der Waals surface area contributed by atoms with E-state index in [9.17, 15) is 34.5 Å². The number of Topliss-reactive ketones (excluding diaryl/α,β-unsaturated/α-hetero) is 1. The molecule has 64 heavy (non-hydrogen) atoms. The number of likely N-dealkylation sites (N-methyl/N-ethyl adjacent to an activating group) is 1. The molecule has 3 aliphatic heterocycles. The van der Waals surface area contributed by atoms with Gasteiger partial charge in [0.15, 0.2) is 17.2 Å². The van der Waals surface area contributed by atoms with E-state index in [1.807, 2.05) is 19.0 Å². The highest BCUT2D eigenvalue weighted by Gasteiger charge is 2.50. The second kappa shape index (κ2) is 18.7. The summed E-state index contributed by atoms with van der Waals surface area (Å²) >= 11 is 0. The molecule has 344 valence electrons. The highest BCUT2D eigenvalue weighted by atomic mass is 19.1. The van der Waals surface area contributed by atoms with Crippen molar-refractivity contribution in [2.24, 2.45) is 23.7 Å². The fraction of sp³-hybridized carbons (Fsp3) is 0.468. The lowest BCUT2D eigenvalue weighted by Gasteiger charge is -2.38. The van der Waals surface area contributed by atoms with Crippen molar-refractivity contribution in [2.45, 2.75) is 85.6 Å². The fourth-order valence-corrected chi connectivity index (χ4v) is 8.27. The zero-order valence-electron chi connectivity index (χ0n) is 37.8. The van der Waals surface area contributed by atoms with Crippen molar-refractivity contribution < 1.29 is 62.2 Å². The molecule has 4 N–H and O–H groups in total. The van der Waals surface area contributed by atoms with Crippen LogP contribution in [0.5, 0.6) is 17.2 Å². The van der Waals surface area contributed by atoms with Gasteiger partial charge in [0, 0.05) is 79.8 Å². The molecule has 0 radical (unpaired) electrons. The van der Waals surface area contributed by atoms with E-state index in [0.717, 1.165) is 6.07 Å². The molecular formula is C47H56FN3O13. The third kappa shape index (κ3) is 8.94. The van der Waals surface area contributed by atoms with Crippen molar-refractivity contribution in [1.82, 2.24) is 9.88 Å². The Balaban J connectivity index is 1.59. The SMILES string of the molecule is CO[C@H]1/C=C/O[C@@]2(C)Oc3c(C)c(O)c4c(=O)c(c5oc6cc(OCCN(C)C)cc(F)c6nc-5c4c3C2=O)NC(=O)/C(C)=C\C=C\[C@H](C)[C@H](O)[C@@H](C)[C@@H](O)[C@@H](C)[C@H](OC(C)=O)[C@@H]1C. The molecule has 4 aliphatic rings. The van der Waals surface area contributed by atoms with Gasteiger partial charge in [-0.2, -0.15) is 0 Å². The topological polar surface area (TPSA) is 216 Å². The summed E-state index contributed by atoms with van der Waals surface area (Å²) in [7, 11) is 5.11. The van der Waals surface area contributed by atoms with Gasteiger partial charge in [0.2, 0.25) is 5.43 Å². The third-order valence-electron chi connectivity index (χ3n) is 12.2. The summed E-state index contributed by atoms with van der Waals surface area (Å²) in [5.41, 5.74) is -2.25. The lowest BCUT2D eigenvalue weighted by atomic mass is 9.78. The van der Waals surface area contributed by atoms with E-state index in [4.69, 9.17) is 28.1 Å². The number of aromatic nitrogens is 1. The smallest absolute Gasteiger partial charge is 0.312 e. The lowest BCUT2D eigenvalue weighted by Crippen LogP contribution is -2.46. The number of benzene rings is 3. The Morgan fingerprint density at radius 3 is 2.38 bits per heavy atom. The van der Waals surface area contributed by atoms with Gasteiger partial charge in [0.25, 0.3) is 11.7 Å². The number of aliphatic hydroxyl groups excluding tert-OH is 2. The first-order valence-corrected chi connectivity index (χ1v) is 21.0. The minimum absolute atomic E-state index is 0.0123. The van der Waals surface area contributed by atoms with Crippen molar-refractivity contribution in [3.8, 4) is 28.7 Å². The van der Waals surface area contributed by atoms with Crippen LogP contribution < -0.4 is 20.2 Å². The van der Waals surface area contributed by atoms with Gasteiger partial charge >= 0.3 is 11.8 Å². The maximum atomic E-state index is 16.0. The van der Waals surface area contributed by atoms with Gasteiger partial charge in [0.1, 0.15) is 46.9 Å². The fourth-order valence-electron chi connectivity index (χ4n) is 8.27. The predicted octanol–water partition coefficient (Wildman–Crippen LogP) is 6.03. The Hall–Kier alpha value is -5.88. The Morgan fingerprint density at radius 2 is 1.72 bits per heavy atom. The van der Waals surface area contributed by atoms with E-state index in [2.05, 4.69) is 10.3 Å². The number of fused-ring (bicyclic) bond motifs is 2. The van der Waals surface area contributed by atoms with Gasteiger partial charge in [-0.05, 0) is 34.0 Å². The van der Waals surface area contributed by atoms with Gasteiger partial charge in [-0.1, -0.05) is 45.9 Å². The zero-order valence-corrected chi connectivity index (χ0v) is 37.8. The van der Waals surface area contributed by atoms with Crippen molar-refractivity contribution in [2.75, 3.05) is 39.7 Å². The minimum Gasteiger partial charge on any atom is -0.507 e. The number of aliphatic hydroxyl groups is 2. The van der Waals surface area contributed by atoms with Crippen LogP contribution in [0.25, 0.3) is 33.3 Å². The van der Waals surface area contributed by atoms with Crippen molar-refractivity contribution >= 4 is 45.2 Å². The van der Waals surface area contributed by atoms with Gasteiger partial charge in [0.05, 0.1) is 35.5 Å². The van der Waals surface area contributed by atoms with E-state index in [1.165, 1.54) is 59.3 Å². The number of ketones is 1. The maximum absolute atomic E-state index is 16.0. The number of nitrogens with zero attached hydrogens (tertiary/aromatic N) is 2. The van der Waals surface area contributed by atoms with Crippen LogP contribution in [0.3, 0.4) is 0 Å². The summed E-state index contributed by atoms with van der Waals surface area (Å²) in [4.78, 5) is 62.1. The van der Waals surface area contributed by atoms with Crippen molar-refractivity contribution in [3.05, 3.63) is 75.4 Å². The van der Waals surface area contributed by atoms with Crippen LogP contribution in [0.2, 0.25) is 0 Å². The Morgan fingerprint density at radius 1 is 1.02 bits per heavy atom. The molecule has 9 atom stereocenters. The predicted molar refractivity (Wildman–Crippen MR) is 235 cm³/mol. The molecule has 0 aromatic heterocycles. The summed E-state index contributed by atoms with van der Waals surface area (Å²) in [5.74, 6) is -8.75. The van der Waals surface area contributed by atoms with Crippen LogP contribution in [0.15, 0.2) is 57.5 Å². The quantitative estimate of drug-likeness (QED) is 0.0988. The number of ether oxygens (including phenoxy) is 5. The summed E-state index contributed by atoms with van der Waals surface area (Å²) in [6.07, 6.45) is 3.27. The van der Waals surface area contributed by atoms with Crippen LogP contribution in [0.1, 0.15) is 64.4 Å². The molecule has 1 amide bonds. The van der Waals surface area contributed by atoms with E-state index in [-0.39, 0.29) is 62.7 Å². The number of halogens is 1. The average molecular weight is 890 g/mol. The largest absolute Gasteiger partial charge is 0.507 e. The summed E-state index contributed by atoms with van der Waals surface area (Å²) < 4.78 is 51.7. The van der Waals surface area contributed by atoms with Crippen molar-refractivity contribution in [3.63, 3.8) is 0 Å². The summed E-state index contributed by atoms with van der Waals surface area (Å²) in [6.45, 7) is 13.0. The molecule has 4 bridgehead atoms. The van der Waals surface area contributed by atoms with E-state index in [0.29, 0.717) is 6.54 Å². The van der Waals surface area contributed by atoms with E-state index < -0.39 is 99.6 Å². The number of hydrogen-bond donors (Lipinski definition) is 4. The monoisotopic (exact) mass is 889 g/mol. The number of carbonyl (C=O) groups excluding carboxylic acids is 3. The first-order chi connectivity index (χ1) is 30.1. The molecule has 0 saturated heterocycles. The molecule has 6 rings (SSSR count). The van der Waals surface area contributed by atoms with Crippen LogP contribution in [0.4, 0.5) is 10.1 Å². The molecule has 0 unspecified atom stereocenters. The molecule has 17 heteroatoms. The van der Waals surface area contributed by atoms with Gasteiger partial charge in [-0.25, -0.2) is 9.37 Å². The van der Waals surface area contributed by atoms with Gasteiger partial charge in [-0.15, -0.1) is 0 Å². The second-order valence-corrected chi connectivity index (χ2v) is 17.1.